The van der Waals surface area contributed by atoms with Gasteiger partial charge in [-0.2, -0.15) is 13.2 Å². The lowest BCUT2D eigenvalue weighted by atomic mass is 9.57. The number of ether oxygens (including phenoxy) is 4. The highest BCUT2D eigenvalue weighted by atomic mass is 28.4. The van der Waals surface area contributed by atoms with Crippen LogP contribution >= 0.6 is 0 Å². The molecule has 3 atom stereocenters. The van der Waals surface area contributed by atoms with Crippen LogP contribution in [0.5, 0.6) is 0 Å². The Hall–Kier alpha value is -2.38. The first-order valence-corrected chi connectivity index (χ1v) is 20.8. The van der Waals surface area contributed by atoms with Crippen LogP contribution in [-0.4, -0.2) is 50.7 Å². The third kappa shape index (κ3) is 6.07. The predicted octanol–water partition coefficient (Wildman–Crippen LogP) is 8.76. The normalized spacial score (nSPS) is 26.7. The zero-order chi connectivity index (χ0) is 35.0. The Balaban J connectivity index is 1.52. The van der Waals surface area contributed by atoms with Gasteiger partial charge in [-0.25, -0.2) is 0 Å². The Morgan fingerprint density at radius 2 is 1.63 bits per heavy atom. The van der Waals surface area contributed by atoms with Crippen molar-refractivity contribution in [3.63, 3.8) is 0 Å². The van der Waals surface area contributed by atoms with Gasteiger partial charge in [0.2, 0.25) is 0 Å². The molecular formula is C37H49F3N2O6Si. The number of carbonyl (C=O) groups is 1. The van der Waals surface area contributed by atoms with E-state index < -0.39 is 37.9 Å². The lowest BCUT2D eigenvalue weighted by Crippen LogP contribution is -2.49. The molecule has 12 heteroatoms. The molecule has 8 nitrogen and oxygen atoms in total. The molecule has 5 aliphatic rings. The van der Waals surface area contributed by atoms with Gasteiger partial charge in [0.25, 0.3) is 0 Å². The average Bonchev–Trinajstić information content (AvgIpc) is 3.34. The van der Waals surface area contributed by atoms with Crippen molar-refractivity contribution in [3.8, 4) is 0 Å². The van der Waals surface area contributed by atoms with Gasteiger partial charge in [-0.15, -0.1) is 0 Å². The summed E-state index contributed by atoms with van der Waals surface area (Å²) in [6.07, 6.45) is 1.02. The molecule has 2 aliphatic carbocycles. The molecule has 0 radical (unpaired) electrons. The second kappa shape index (κ2) is 12.4. The molecule has 0 unspecified atom stereocenters. The lowest BCUT2D eigenvalue weighted by molar-refractivity contribution is -0.167. The number of halogens is 3. The van der Waals surface area contributed by atoms with Gasteiger partial charge in [0.05, 0.1) is 34.4 Å². The van der Waals surface area contributed by atoms with Crippen LogP contribution < -0.4 is 0 Å². The molecule has 0 bridgehead atoms. The number of pyridine rings is 2. The van der Waals surface area contributed by atoms with Crippen LogP contribution in [0.1, 0.15) is 143 Å². The van der Waals surface area contributed by atoms with Crippen molar-refractivity contribution in [1.29, 1.82) is 0 Å². The third-order valence-electron chi connectivity index (χ3n) is 12.3. The molecule has 5 heterocycles. The minimum atomic E-state index is -4.51. The van der Waals surface area contributed by atoms with Crippen LogP contribution in [0, 0.1) is 5.41 Å². The van der Waals surface area contributed by atoms with E-state index >= 15 is 0 Å². The maximum absolute atomic E-state index is 13.6. The monoisotopic (exact) mass is 702 g/mol. The molecule has 7 rings (SSSR count). The Kier molecular flexibility index (Phi) is 8.86. The van der Waals surface area contributed by atoms with E-state index in [-0.39, 0.29) is 28.4 Å². The smallest absolute Gasteiger partial charge is 0.417 e. The fourth-order valence-corrected chi connectivity index (χ4v) is 9.78. The Morgan fingerprint density at radius 3 is 2.18 bits per heavy atom. The third-order valence-corrected chi connectivity index (χ3v) is 16.8. The molecule has 1 saturated carbocycles. The summed E-state index contributed by atoms with van der Waals surface area (Å²) >= 11 is 0. The standard InChI is InChI=1S/C37H49F3N2O6Si/c1-22(43)46-33-31-27(26(20-35(33)12-7-13-35)48-49(5,6)34(2,3)4)29-28(30(42-31)23-10-16-44-17-11-23)32(47-36(29)14-18-45-19-15-36)25-9-8-24(21-41-25)37(38,39)40/h8-9,21,23,26,32-33H,7,10-20H2,1-6H3/t26-,32+,33-/m0/s1. The van der Waals surface area contributed by atoms with Gasteiger partial charge < -0.3 is 23.4 Å². The van der Waals surface area contributed by atoms with Crippen molar-refractivity contribution in [2.75, 3.05) is 26.4 Å². The molecular weight excluding hydrogens is 653 g/mol. The van der Waals surface area contributed by atoms with Crippen molar-refractivity contribution in [2.24, 2.45) is 5.41 Å². The minimum Gasteiger partial charge on any atom is -0.455 e. The Morgan fingerprint density at radius 1 is 0.959 bits per heavy atom. The number of esters is 1. The number of alkyl halides is 3. The lowest BCUT2D eigenvalue weighted by Gasteiger charge is -2.54. The number of hydrogen-bond acceptors (Lipinski definition) is 8. The quantitative estimate of drug-likeness (QED) is 0.226. The van der Waals surface area contributed by atoms with Gasteiger partial charge in [-0.3, -0.25) is 14.8 Å². The molecule has 2 aromatic rings. The van der Waals surface area contributed by atoms with E-state index in [1.807, 2.05) is 0 Å². The summed E-state index contributed by atoms with van der Waals surface area (Å²) in [5.41, 5.74) is 2.98. The van der Waals surface area contributed by atoms with E-state index in [2.05, 4.69) is 38.8 Å². The Labute approximate surface area is 287 Å². The summed E-state index contributed by atoms with van der Waals surface area (Å²) in [6, 6.07) is 2.53. The average molecular weight is 703 g/mol. The van der Waals surface area contributed by atoms with Gasteiger partial charge in [-0.05, 0) is 67.9 Å². The number of rotatable bonds is 5. The molecule has 2 aromatic heterocycles. The first-order valence-electron chi connectivity index (χ1n) is 17.8. The fourth-order valence-electron chi connectivity index (χ4n) is 8.51. The van der Waals surface area contributed by atoms with Crippen molar-refractivity contribution in [2.45, 2.75) is 133 Å². The molecule has 0 amide bonds. The highest BCUT2D eigenvalue weighted by Crippen LogP contribution is 2.65. The maximum Gasteiger partial charge on any atom is 0.417 e. The van der Waals surface area contributed by atoms with Crippen LogP contribution in [0.4, 0.5) is 13.2 Å². The summed E-state index contributed by atoms with van der Waals surface area (Å²) < 4.78 is 73.5. The van der Waals surface area contributed by atoms with Gasteiger partial charge >= 0.3 is 12.1 Å². The summed E-state index contributed by atoms with van der Waals surface area (Å²) in [4.78, 5) is 22.8. The summed E-state index contributed by atoms with van der Waals surface area (Å²) in [6.45, 7) is 14.8. The van der Waals surface area contributed by atoms with Crippen LogP contribution in [0.2, 0.25) is 18.1 Å². The maximum atomic E-state index is 13.6. The van der Waals surface area contributed by atoms with E-state index in [0.29, 0.717) is 51.4 Å². The summed E-state index contributed by atoms with van der Waals surface area (Å²) in [5.74, 6) is -0.315. The topological polar surface area (TPSA) is 89.0 Å². The van der Waals surface area contributed by atoms with E-state index in [9.17, 15) is 18.0 Å². The largest absolute Gasteiger partial charge is 0.455 e. The van der Waals surface area contributed by atoms with E-state index in [1.54, 1.807) is 0 Å². The summed E-state index contributed by atoms with van der Waals surface area (Å²) in [7, 11) is -2.35. The molecule has 0 N–H and O–H groups in total. The minimum absolute atomic E-state index is 0.0281. The number of aromatic nitrogens is 2. The number of hydrogen-bond donors (Lipinski definition) is 0. The van der Waals surface area contributed by atoms with E-state index in [0.717, 1.165) is 72.4 Å². The second-order valence-electron chi connectivity index (χ2n) is 16.3. The van der Waals surface area contributed by atoms with E-state index in [1.165, 1.54) is 13.0 Å². The predicted molar refractivity (Wildman–Crippen MR) is 177 cm³/mol. The number of fused-ring (bicyclic) bond motifs is 4. The van der Waals surface area contributed by atoms with Gasteiger partial charge in [0.15, 0.2) is 8.32 Å². The van der Waals surface area contributed by atoms with Crippen LogP contribution in [0.3, 0.4) is 0 Å². The van der Waals surface area contributed by atoms with E-state index in [4.69, 9.17) is 28.4 Å². The van der Waals surface area contributed by atoms with Gasteiger partial charge in [0.1, 0.15) is 12.2 Å². The van der Waals surface area contributed by atoms with Crippen LogP contribution in [0.15, 0.2) is 18.3 Å². The first-order chi connectivity index (χ1) is 23.1. The molecule has 268 valence electrons. The second-order valence-corrected chi connectivity index (χ2v) is 21.1. The van der Waals surface area contributed by atoms with Crippen LogP contribution in [0.25, 0.3) is 0 Å². The Bertz CT molecular complexity index is 1570. The zero-order valence-electron chi connectivity index (χ0n) is 29.5. The fraction of sp³-hybridized carbons (Fsp3) is 0.703. The number of nitrogens with zero attached hydrogens (tertiary/aromatic N) is 2. The molecule has 3 fully saturated rings. The van der Waals surface area contributed by atoms with Crippen molar-refractivity contribution >= 4 is 14.3 Å². The molecule has 2 spiro atoms. The highest BCUT2D eigenvalue weighted by Gasteiger charge is 2.59. The van der Waals surface area contributed by atoms with Crippen LogP contribution in [-0.2, 0) is 39.9 Å². The molecule has 2 saturated heterocycles. The molecule has 3 aliphatic heterocycles. The van der Waals surface area contributed by atoms with Crippen molar-refractivity contribution in [1.82, 2.24) is 9.97 Å². The molecule has 0 aromatic carbocycles. The van der Waals surface area contributed by atoms with Gasteiger partial charge in [-0.1, -0.05) is 27.2 Å². The van der Waals surface area contributed by atoms with Crippen molar-refractivity contribution in [3.05, 3.63) is 57.7 Å². The highest BCUT2D eigenvalue weighted by molar-refractivity contribution is 6.74. The zero-order valence-corrected chi connectivity index (χ0v) is 30.5. The van der Waals surface area contributed by atoms with Gasteiger partial charge in [0, 0.05) is 74.8 Å². The SMILES string of the molecule is CC(=O)O[C@H]1c2nc(C3CCOCC3)c3c(c2[C@@H](O[Si](C)(C)C(C)(C)C)CC12CCC2)C1(CCOCC1)O[C@@H]3c1ccc(C(F)(F)F)cn1. The first kappa shape index (κ1) is 35.0. The number of carbonyl (C=O) groups excluding carboxylic acids is 1. The molecule has 49 heavy (non-hydrogen) atoms. The van der Waals surface area contributed by atoms with Crippen molar-refractivity contribution < 1.29 is 41.3 Å². The summed E-state index contributed by atoms with van der Waals surface area (Å²) in [5, 5.41) is -0.0646.